The van der Waals surface area contributed by atoms with Crippen LogP contribution < -0.4 is 14.4 Å². The Morgan fingerprint density at radius 2 is 1.88 bits per heavy atom. The third kappa shape index (κ3) is 5.98. The SMILES string of the molecule is CC1(C)CC2CCCCc3ccc(cc3)SNC(=O)c3ccc(-n4ccc(OCCC5(C(F)(F)F)CC5)n4)nc3N1C2. The van der Waals surface area contributed by atoms with E-state index in [4.69, 9.17) is 9.72 Å². The first-order valence-corrected chi connectivity index (χ1v) is 15.5. The van der Waals surface area contributed by atoms with Crippen LogP contribution in [0.5, 0.6) is 5.88 Å². The van der Waals surface area contributed by atoms with Crippen LogP contribution >= 0.6 is 11.9 Å². The quantitative estimate of drug-likeness (QED) is 0.314. The summed E-state index contributed by atoms with van der Waals surface area (Å²) in [6, 6.07) is 13.5. The number of amides is 1. The van der Waals surface area contributed by atoms with Crippen molar-refractivity contribution in [2.24, 2.45) is 11.3 Å². The van der Waals surface area contributed by atoms with Crippen molar-refractivity contribution < 1.29 is 22.7 Å². The molecule has 1 N–H and O–H groups in total. The second-order valence-electron chi connectivity index (χ2n) is 12.4. The summed E-state index contributed by atoms with van der Waals surface area (Å²) in [5, 5.41) is 4.43. The lowest BCUT2D eigenvalue weighted by atomic mass is 9.92. The van der Waals surface area contributed by atoms with E-state index in [1.54, 1.807) is 29.1 Å². The van der Waals surface area contributed by atoms with Crippen molar-refractivity contribution in [1.29, 1.82) is 0 Å². The number of hydrogen-bond acceptors (Lipinski definition) is 6. The molecule has 0 spiro atoms. The summed E-state index contributed by atoms with van der Waals surface area (Å²) < 4.78 is 49.9. The van der Waals surface area contributed by atoms with Crippen LogP contribution in [-0.2, 0) is 6.42 Å². The number of benzene rings is 1. The average molecular weight is 600 g/mol. The number of anilines is 1. The molecule has 1 aliphatic carbocycles. The zero-order valence-corrected chi connectivity index (χ0v) is 24.7. The molecule has 2 aromatic heterocycles. The predicted molar refractivity (Wildman–Crippen MR) is 156 cm³/mol. The molecule has 2 fully saturated rings. The van der Waals surface area contributed by atoms with Crippen LogP contribution in [0.1, 0.15) is 74.7 Å². The maximum atomic E-state index is 13.5. The average Bonchev–Trinajstić information content (AvgIpc) is 3.50. The van der Waals surface area contributed by atoms with Crippen molar-refractivity contribution in [2.75, 3.05) is 18.1 Å². The number of nitrogens with zero attached hydrogens (tertiary/aromatic N) is 4. The summed E-state index contributed by atoms with van der Waals surface area (Å²) in [6.45, 7) is 5.13. The fourth-order valence-electron chi connectivity index (χ4n) is 6.24. The summed E-state index contributed by atoms with van der Waals surface area (Å²) in [5.74, 6) is 1.60. The summed E-state index contributed by atoms with van der Waals surface area (Å²) in [6.07, 6.45) is 3.14. The Morgan fingerprint density at radius 3 is 2.62 bits per heavy atom. The summed E-state index contributed by atoms with van der Waals surface area (Å²) in [7, 11) is 0. The van der Waals surface area contributed by atoms with Gasteiger partial charge in [-0.3, -0.25) is 9.52 Å². The van der Waals surface area contributed by atoms with E-state index in [2.05, 4.69) is 40.7 Å². The van der Waals surface area contributed by atoms with Crippen molar-refractivity contribution in [3.05, 3.63) is 59.8 Å². The van der Waals surface area contributed by atoms with E-state index in [-0.39, 0.29) is 43.2 Å². The second kappa shape index (κ2) is 11.1. The van der Waals surface area contributed by atoms with Gasteiger partial charge in [0.25, 0.3) is 5.91 Å². The van der Waals surface area contributed by atoms with E-state index < -0.39 is 11.6 Å². The molecule has 1 unspecified atom stereocenters. The number of fused-ring (bicyclic) bond motifs is 7. The van der Waals surface area contributed by atoms with Crippen molar-refractivity contribution >= 4 is 23.7 Å². The van der Waals surface area contributed by atoms with Gasteiger partial charge in [0.15, 0.2) is 5.82 Å². The zero-order valence-electron chi connectivity index (χ0n) is 23.9. The molecule has 7 rings (SSSR count). The lowest BCUT2D eigenvalue weighted by molar-refractivity contribution is -0.190. The Morgan fingerprint density at radius 1 is 1.10 bits per heavy atom. The number of carbonyl (C=O) groups excluding carboxylic acids is 1. The molecular weight excluding hydrogens is 563 g/mol. The Bertz CT molecular complexity index is 1440. The molecule has 5 heterocycles. The number of hydrogen-bond donors (Lipinski definition) is 1. The van der Waals surface area contributed by atoms with Crippen LogP contribution in [0.4, 0.5) is 19.0 Å². The first-order valence-electron chi connectivity index (χ1n) is 14.6. The molecule has 4 bridgehead atoms. The van der Waals surface area contributed by atoms with E-state index in [0.717, 1.165) is 43.5 Å². The number of carbonyl (C=O) groups is 1. The molecule has 11 heteroatoms. The van der Waals surface area contributed by atoms with Crippen molar-refractivity contribution in [3.8, 4) is 11.7 Å². The van der Waals surface area contributed by atoms with Crippen LogP contribution in [-0.4, -0.2) is 45.5 Å². The van der Waals surface area contributed by atoms with Gasteiger partial charge in [0.2, 0.25) is 5.88 Å². The van der Waals surface area contributed by atoms with Gasteiger partial charge in [0, 0.05) is 29.2 Å². The molecule has 1 saturated carbocycles. The molecular formula is C31H36F3N5O2S. The van der Waals surface area contributed by atoms with E-state index in [1.165, 1.54) is 17.5 Å². The number of aromatic nitrogens is 3. The number of nitrogens with one attached hydrogen (secondary N) is 1. The lowest BCUT2D eigenvalue weighted by Gasteiger charge is -2.34. The number of alkyl halides is 3. The van der Waals surface area contributed by atoms with Crippen molar-refractivity contribution in [3.63, 3.8) is 0 Å². The molecule has 1 amide bonds. The molecule has 7 nitrogen and oxygen atoms in total. The number of rotatable bonds is 5. The summed E-state index contributed by atoms with van der Waals surface area (Å²) >= 11 is 1.28. The molecule has 1 atom stereocenters. The van der Waals surface area contributed by atoms with E-state index in [0.29, 0.717) is 23.1 Å². The van der Waals surface area contributed by atoms with E-state index in [9.17, 15) is 18.0 Å². The highest BCUT2D eigenvalue weighted by Crippen LogP contribution is 2.59. The highest BCUT2D eigenvalue weighted by atomic mass is 32.2. The molecule has 224 valence electrons. The smallest absolute Gasteiger partial charge is 0.394 e. The Balaban J connectivity index is 1.25. The van der Waals surface area contributed by atoms with Gasteiger partial charge in [-0.25, -0.2) is 9.67 Å². The fourth-order valence-corrected chi connectivity index (χ4v) is 6.83. The largest absolute Gasteiger partial charge is 0.477 e. The van der Waals surface area contributed by atoms with Gasteiger partial charge in [-0.1, -0.05) is 18.6 Å². The molecule has 0 radical (unpaired) electrons. The van der Waals surface area contributed by atoms with Crippen molar-refractivity contribution in [2.45, 2.75) is 81.8 Å². The lowest BCUT2D eigenvalue weighted by Crippen LogP contribution is -2.40. The zero-order chi connectivity index (χ0) is 29.5. The molecule has 1 saturated heterocycles. The maximum absolute atomic E-state index is 13.5. The van der Waals surface area contributed by atoms with Gasteiger partial charge < -0.3 is 9.64 Å². The first kappa shape index (κ1) is 28.9. The van der Waals surface area contributed by atoms with Gasteiger partial charge in [0.1, 0.15) is 5.82 Å². The number of aryl methyl sites for hydroxylation is 1. The van der Waals surface area contributed by atoms with Crippen LogP contribution in [0.15, 0.2) is 53.6 Å². The van der Waals surface area contributed by atoms with Crippen LogP contribution in [0, 0.1) is 11.3 Å². The minimum atomic E-state index is -4.20. The molecule has 3 aromatic rings. The Kier molecular flexibility index (Phi) is 7.66. The third-order valence-corrected chi connectivity index (χ3v) is 9.71. The van der Waals surface area contributed by atoms with Gasteiger partial charge >= 0.3 is 6.18 Å². The standard InChI is InChI=1S/C31H36F3N5O2S/c1-29(2)19-22-6-4-3-5-21-7-9-23(10-8-21)42-37-28(40)24-11-12-25(35-27(24)38(29)20-22)39-17-13-26(36-39)41-18-16-30(14-15-30)31(32,33)34/h7-13,17,22H,3-6,14-16,18-20H2,1-2H3,(H,37,40). The van der Waals surface area contributed by atoms with Crippen LogP contribution in [0.2, 0.25) is 0 Å². The predicted octanol–water partition coefficient (Wildman–Crippen LogP) is 7.15. The summed E-state index contributed by atoms with van der Waals surface area (Å²) in [5.41, 5.74) is -0.0161. The third-order valence-electron chi connectivity index (χ3n) is 8.92. The minimum absolute atomic E-state index is 0.0575. The second-order valence-corrected chi connectivity index (χ2v) is 13.3. The van der Waals surface area contributed by atoms with Crippen LogP contribution in [0.3, 0.4) is 0 Å². The summed E-state index contributed by atoms with van der Waals surface area (Å²) in [4.78, 5) is 21.6. The van der Waals surface area contributed by atoms with Gasteiger partial charge in [-0.15, -0.1) is 5.10 Å². The Hall–Kier alpha value is -3.21. The molecule has 3 aliphatic heterocycles. The highest BCUT2D eigenvalue weighted by Gasteiger charge is 2.62. The molecule has 1 aromatic carbocycles. The normalized spacial score (nSPS) is 21.6. The van der Waals surface area contributed by atoms with Gasteiger partial charge in [-0.2, -0.15) is 13.2 Å². The van der Waals surface area contributed by atoms with E-state index >= 15 is 0 Å². The van der Waals surface area contributed by atoms with Crippen LogP contribution in [0.25, 0.3) is 5.82 Å². The molecule has 4 aliphatic rings. The first-order chi connectivity index (χ1) is 20.0. The maximum Gasteiger partial charge on any atom is 0.394 e. The van der Waals surface area contributed by atoms with Crippen molar-refractivity contribution in [1.82, 2.24) is 19.5 Å². The Labute approximate surface area is 248 Å². The van der Waals surface area contributed by atoms with E-state index in [1.807, 2.05) is 12.1 Å². The number of ether oxygens (including phenoxy) is 1. The van der Waals surface area contributed by atoms with Gasteiger partial charge in [0.05, 0.1) is 17.6 Å². The molecule has 42 heavy (non-hydrogen) atoms. The monoisotopic (exact) mass is 599 g/mol. The number of pyridine rings is 1. The number of halogens is 3. The topological polar surface area (TPSA) is 72.3 Å². The highest BCUT2D eigenvalue weighted by molar-refractivity contribution is 7.98. The van der Waals surface area contributed by atoms with Gasteiger partial charge in [-0.05, 0) is 106 Å². The minimum Gasteiger partial charge on any atom is -0.477 e. The fraction of sp³-hybridized carbons (Fsp3) is 0.516.